The van der Waals surface area contributed by atoms with Crippen molar-refractivity contribution >= 4 is 5.57 Å². The van der Waals surface area contributed by atoms with Gasteiger partial charge in [-0.1, -0.05) is 55.7 Å². The standard InChI is InChI=1S/C22H23F5O/c1-2-4-14-7-9-15(10-8-14)21(22(25,26)27)12-11-16(19(28)13-21)17-5-3-6-18(23)20(17)24/h3,5-6,9,11-12,14,28H,2,4,7-8,10,13H2,1H3. The van der Waals surface area contributed by atoms with Gasteiger partial charge in [0.05, 0.1) is 0 Å². The van der Waals surface area contributed by atoms with E-state index in [0.29, 0.717) is 25.2 Å². The molecule has 0 bridgehead atoms. The predicted molar refractivity (Wildman–Crippen MR) is 98.5 cm³/mol. The molecule has 1 aromatic carbocycles. The second-order valence-corrected chi connectivity index (χ2v) is 7.60. The highest BCUT2D eigenvalue weighted by Gasteiger charge is 2.56. The number of hydrogen-bond acceptors (Lipinski definition) is 1. The van der Waals surface area contributed by atoms with Crippen LogP contribution < -0.4 is 0 Å². The Morgan fingerprint density at radius 3 is 2.54 bits per heavy atom. The average molecular weight is 398 g/mol. The van der Waals surface area contributed by atoms with Crippen molar-refractivity contribution in [3.63, 3.8) is 0 Å². The van der Waals surface area contributed by atoms with Crippen LogP contribution in [-0.2, 0) is 0 Å². The molecule has 0 spiro atoms. The molecule has 0 radical (unpaired) electrons. The van der Waals surface area contributed by atoms with Crippen LogP contribution in [0, 0.1) is 23.0 Å². The highest BCUT2D eigenvalue weighted by atomic mass is 19.4. The van der Waals surface area contributed by atoms with Crippen LogP contribution >= 0.6 is 0 Å². The summed E-state index contributed by atoms with van der Waals surface area (Å²) in [7, 11) is 0. The maximum atomic E-state index is 14.1. The van der Waals surface area contributed by atoms with Gasteiger partial charge in [0.15, 0.2) is 11.6 Å². The molecule has 0 saturated heterocycles. The van der Waals surface area contributed by atoms with Crippen molar-refractivity contribution in [1.29, 1.82) is 0 Å². The molecule has 0 saturated carbocycles. The van der Waals surface area contributed by atoms with Crippen LogP contribution in [0.25, 0.3) is 5.57 Å². The van der Waals surface area contributed by atoms with Crippen LogP contribution in [0.5, 0.6) is 0 Å². The Hall–Kier alpha value is -2.11. The average Bonchev–Trinajstić information content (AvgIpc) is 2.64. The highest BCUT2D eigenvalue weighted by molar-refractivity contribution is 5.77. The molecular weight excluding hydrogens is 375 g/mol. The molecule has 28 heavy (non-hydrogen) atoms. The van der Waals surface area contributed by atoms with E-state index < -0.39 is 35.4 Å². The van der Waals surface area contributed by atoms with E-state index >= 15 is 0 Å². The minimum atomic E-state index is -4.60. The van der Waals surface area contributed by atoms with Gasteiger partial charge in [-0.05, 0) is 31.2 Å². The van der Waals surface area contributed by atoms with E-state index in [4.69, 9.17) is 0 Å². The first kappa shape index (κ1) is 20.6. The molecule has 0 heterocycles. The van der Waals surface area contributed by atoms with Gasteiger partial charge in [0.1, 0.15) is 11.2 Å². The summed E-state index contributed by atoms with van der Waals surface area (Å²) in [6, 6.07) is 3.41. The van der Waals surface area contributed by atoms with Gasteiger partial charge in [0.2, 0.25) is 0 Å². The SMILES string of the molecule is CCCC1CC=C(C2(C(F)(F)F)C=CC(c3cccc(F)c3F)=C(O)C2)CC1. The summed E-state index contributed by atoms with van der Waals surface area (Å²) >= 11 is 0. The summed E-state index contributed by atoms with van der Waals surface area (Å²) in [5.74, 6) is -2.50. The molecule has 152 valence electrons. The lowest BCUT2D eigenvalue weighted by Gasteiger charge is -2.40. The fraction of sp³-hybridized carbons (Fsp3) is 0.455. The van der Waals surface area contributed by atoms with Crippen LogP contribution in [0.4, 0.5) is 22.0 Å². The number of hydrogen-bond donors (Lipinski definition) is 1. The van der Waals surface area contributed by atoms with Crippen molar-refractivity contribution in [3.05, 3.63) is 65.0 Å². The van der Waals surface area contributed by atoms with Gasteiger partial charge < -0.3 is 5.11 Å². The van der Waals surface area contributed by atoms with Gasteiger partial charge in [-0.25, -0.2) is 8.78 Å². The van der Waals surface area contributed by atoms with Gasteiger partial charge in [0.25, 0.3) is 0 Å². The lowest BCUT2D eigenvalue weighted by molar-refractivity contribution is -0.195. The molecule has 0 fully saturated rings. The Labute approximate surface area is 161 Å². The van der Waals surface area contributed by atoms with Gasteiger partial charge in [-0.15, -0.1) is 0 Å². The zero-order valence-corrected chi connectivity index (χ0v) is 15.6. The van der Waals surface area contributed by atoms with Crippen molar-refractivity contribution in [2.45, 2.75) is 51.6 Å². The molecule has 2 aliphatic carbocycles. The number of aliphatic hydroxyl groups is 1. The summed E-state index contributed by atoms with van der Waals surface area (Å²) in [4.78, 5) is 0. The summed E-state index contributed by atoms with van der Waals surface area (Å²) in [6.07, 6.45) is 1.97. The topological polar surface area (TPSA) is 20.2 Å². The van der Waals surface area contributed by atoms with Crippen LogP contribution in [0.2, 0.25) is 0 Å². The smallest absolute Gasteiger partial charge is 0.401 e. The van der Waals surface area contributed by atoms with Crippen molar-refractivity contribution in [1.82, 2.24) is 0 Å². The minimum absolute atomic E-state index is 0.114. The van der Waals surface area contributed by atoms with Crippen LogP contribution in [0.1, 0.15) is 51.0 Å². The maximum Gasteiger partial charge on any atom is 0.401 e. The molecule has 0 aliphatic heterocycles. The van der Waals surface area contributed by atoms with Crippen molar-refractivity contribution < 1.29 is 27.1 Å². The van der Waals surface area contributed by atoms with E-state index in [2.05, 4.69) is 6.92 Å². The Balaban J connectivity index is 1.98. The monoisotopic (exact) mass is 398 g/mol. The summed E-state index contributed by atoms with van der Waals surface area (Å²) in [5, 5.41) is 10.4. The molecule has 6 heteroatoms. The first-order valence-corrected chi connectivity index (χ1v) is 9.51. The lowest BCUT2D eigenvalue weighted by Crippen LogP contribution is -2.40. The fourth-order valence-corrected chi connectivity index (χ4v) is 4.26. The molecule has 2 aliphatic rings. The zero-order valence-electron chi connectivity index (χ0n) is 15.6. The Morgan fingerprint density at radius 1 is 1.21 bits per heavy atom. The van der Waals surface area contributed by atoms with E-state index in [1.165, 1.54) is 12.1 Å². The highest BCUT2D eigenvalue weighted by Crippen LogP contribution is 2.55. The van der Waals surface area contributed by atoms with Gasteiger partial charge in [-0.3, -0.25) is 0 Å². The number of allylic oxidation sites excluding steroid dienone is 6. The minimum Gasteiger partial charge on any atom is -0.512 e. The molecule has 3 rings (SSSR count). The Bertz CT molecular complexity index is 834. The quantitative estimate of drug-likeness (QED) is 0.418. The van der Waals surface area contributed by atoms with E-state index in [1.807, 2.05) is 0 Å². The number of halogens is 5. The van der Waals surface area contributed by atoms with Gasteiger partial charge >= 0.3 is 6.18 Å². The van der Waals surface area contributed by atoms with Crippen LogP contribution in [0.3, 0.4) is 0 Å². The Morgan fingerprint density at radius 2 is 1.96 bits per heavy atom. The number of rotatable bonds is 4. The van der Waals surface area contributed by atoms with Crippen molar-refractivity contribution in [3.8, 4) is 0 Å². The molecule has 1 N–H and O–H groups in total. The summed E-state index contributed by atoms with van der Waals surface area (Å²) < 4.78 is 69.9. The lowest BCUT2D eigenvalue weighted by atomic mass is 9.67. The van der Waals surface area contributed by atoms with E-state index in [9.17, 15) is 27.1 Å². The zero-order chi connectivity index (χ0) is 20.5. The fourth-order valence-electron chi connectivity index (χ4n) is 4.26. The third-order valence-corrected chi connectivity index (χ3v) is 5.83. The largest absolute Gasteiger partial charge is 0.512 e. The number of benzene rings is 1. The second kappa shape index (κ2) is 7.72. The third kappa shape index (κ3) is 3.61. The Kier molecular flexibility index (Phi) is 5.69. The number of alkyl halides is 3. The van der Waals surface area contributed by atoms with Gasteiger partial charge in [-0.2, -0.15) is 13.2 Å². The third-order valence-electron chi connectivity index (χ3n) is 5.83. The summed E-state index contributed by atoms with van der Waals surface area (Å²) in [6.45, 7) is 2.05. The first-order chi connectivity index (χ1) is 13.2. The van der Waals surface area contributed by atoms with Crippen molar-refractivity contribution in [2.75, 3.05) is 0 Å². The second-order valence-electron chi connectivity index (χ2n) is 7.60. The van der Waals surface area contributed by atoms with E-state index in [1.54, 1.807) is 6.08 Å². The van der Waals surface area contributed by atoms with Crippen LogP contribution in [-0.4, -0.2) is 11.3 Å². The molecule has 0 amide bonds. The predicted octanol–water partition coefficient (Wildman–Crippen LogP) is 7.27. The molecular formula is C22H23F5O. The van der Waals surface area contributed by atoms with Crippen LogP contribution in [0.15, 0.2) is 47.8 Å². The number of aliphatic hydroxyl groups excluding tert-OH is 1. The first-order valence-electron chi connectivity index (χ1n) is 9.51. The summed E-state index contributed by atoms with van der Waals surface area (Å²) in [5.41, 5.74) is -2.42. The van der Waals surface area contributed by atoms with E-state index in [-0.39, 0.29) is 16.7 Å². The molecule has 1 nitrogen and oxygen atoms in total. The molecule has 0 aromatic heterocycles. The van der Waals surface area contributed by atoms with Crippen molar-refractivity contribution in [2.24, 2.45) is 11.3 Å². The maximum absolute atomic E-state index is 14.1. The normalized spacial score (nSPS) is 25.8. The molecule has 2 unspecified atom stereocenters. The molecule has 2 atom stereocenters. The van der Waals surface area contributed by atoms with E-state index in [0.717, 1.165) is 31.1 Å². The molecule has 1 aromatic rings. The van der Waals surface area contributed by atoms with Gasteiger partial charge in [0, 0.05) is 17.6 Å².